The molecule has 0 aromatic carbocycles. The summed E-state index contributed by atoms with van der Waals surface area (Å²) in [6, 6.07) is 0. The predicted octanol–water partition coefficient (Wildman–Crippen LogP) is 2.97. The third kappa shape index (κ3) is 4.65. The molecule has 18 heavy (non-hydrogen) atoms. The second-order valence-corrected chi connectivity index (χ2v) is 5.42. The maximum atomic E-state index is 5.56. The Labute approximate surface area is 113 Å². The minimum atomic E-state index is 0.222. The molecule has 0 aromatic rings. The monoisotopic (exact) mass is 256 g/mol. The van der Waals surface area contributed by atoms with Crippen molar-refractivity contribution in [2.45, 2.75) is 53.4 Å². The Morgan fingerprint density at radius 1 is 0.889 bits per heavy atom. The number of hydrogen-bond donors (Lipinski definition) is 2. The molecular weight excluding hydrogens is 224 g/mol. The zero-order valence-corrected chi connectivity index (χ0v) is 12.7. The molecule has 0 bridgehead atoms. The van der Waals surface area contributed by atoms with Crippen molar-refractivity contribution in [3.05, 3.63) is 0 Å². The summed E-state index contributed by atoms with van der Waals surface area (Å²) in [4.78, 5) is 0. The van der Waals surface area contributed by atoms with E-state index < -0.39 is 0 Å². The maximum Gasteiger partial charge on any atom is 0.0673 e. The molecule has 0 fully saturated rings. The molecule has 0 spiro atoms. The lowest BCUT2D eigenvalue weighted by Crippen LogP contribution is -2.36. The Balaban J connectivity index is 0.000000321. The van der Waals surface area contributed by atoms with E-state index in [2.05, 4.69) is 37.9 Å². The van der Waals surface area contributed by atoms with Gasteiger partial charge in [0.2, 0.25) is 0 Å². The van der Waals surface area contributed by atoms with Crippen LogP contribution in [-0.4, -0.2) is 26.2 Å². The molecule has 1 heterocycles. The Kier molecular flexibility index (Phi) is 8.36. The van der Waals surface area contributed by atoms with Crippen LogP contribution < -0.4 is 11.5 Å². The molecule has 0 aromatic heterocycles. The van der Waals surface area contributed by atoms with Gasteiger partial charge >= 0.3 is 0 Å². The van der Waals surface area contributed by atoms with Crippen molar-refractivity contribution in [1.82, 2.24) is 0 Å². The summed E-state index contributed by atoms with van der Waals surface area (Å²) in [6.45, 7) is 12.1. The average molecular weight is 256 g/mol. The molecule has 0 unspecified atom stereocenters. The molecule has 4 N–H and O–H groups in total. The van der Waals surface area contributed by atoms with Crippen LogP contribution in [0.4, 0.5) is 0 Å². The van der Waals surface area contributed by atoms with E-state index in [0.29, 0.717) is 5.41 Å². The summed E-state index contributed by atoms with van der Waals surface area (Å²) in [5.74, 6) is 0. The molecule has 4 heteroatoms. The first-order valence-corrected chi connectivity index (χ1v) is 7.31. The number of nitrogens with two attached hydrogens (primary N) is 2. The van der Waals surface area contributed by atoms with E-state index in [1.807, 2.05) is 0 Å². The van der Waals surface area contributed by atoms with Gasteiger partial charge in [-0.1, -0.05) is 27.7 Å². The summed E-state index contributed by atoms with van der Waals surface area (Å²) in [6.07, 6.45) is 4.62. The highest BCUT2D eigenvalue weighted by molar-refractivity contribution is 4.84. The van der Waals surface area contributed by atoms with Gasteiger partial charge in [-0.05, 0) is 44.2 Å². The van der Waals surface area contributed by atoms with Gasteiger partial charge in [-0.3, -0.25) is 0 Å². The Morgan fingerprint density at radius 3 is 1.39 bits per heavy atom. The third-order valence-corrected chi connectivity index (χ3v) is 4.78. The first-order valence-electron chi connectivity index (χ1n) is 7.31. The van der Waals surface area contributed by atoms with E-state index in [1.54, 1.807) is 0 Å². The average Bonchev–Trinajstić information content (AvgIpc) is 2.92. The van der Waals surface area contributed by atoms with Crippen molar-refractivity contribution >= 4 is 0 Å². The van der Waals surface area contributed by atoms with Crippen LogP contribution in [0.15, 0.2) is 10.2 Å². The van der Waals surface area contributed by atoms with Crippen LogP contribution in [0, 0.1) is 10.8 Å². The van der Waals surface area contributed by atoms with Gasteiger partial charge in [0.25, 0.3) is 0 Å². The molecule has 0 amide bonds. The first-order chi connectivity index (χ1) is 8.57. The largest absolute Gasteiger partial charge is 0.330 e. The van der Waals surface area contributed by atoms with E-state index in [9.17, 15) is 0 Å². The summed E-state index contributed by atoms with van der Waals surface area (Å²) in [5.41, 5.74) is 11.8. The van der Waals surface area contributed by atoms with Crippen LogP contribution in [0.25, 0.3) is 0 Å². The molecular formula is C14H32N4. The molecule has 1 rings (SSSR count). The molecule has 1 aliphatic rings. The van der Waals surface area contributed by atoms with E-state index in [-0.39, 0.29) is 5.41 Å². The zero-order chi connectivity index (χ0) is 14.1. The fourth-order valence-corrected chi connectivity index (χ4v) is 2.06. The van der Waals surface area contributed by atoms with Crippen molar-refractivity contribution in [3.63, 3.8) is 0 Å². The van der Waals surface area contributed by atoms with Gasteiger partial charge in [-0.2, -0.15) is 10.2 Å². The van der Waals surface area contributed by atoms with Gasteiger partial charge < -0.3 is 11.5 Å². The Morgan fingerprint density at radius 2 is 1.28 bits per heavy atom. The molecule has 1 aliphatic heterocycles. The second kappa shape index (κ2) is 8.59. The number of rotatable bonds is 6. The van der Waals surface area contributed by atoms with Gasteiger partial charge in [-0.15, -0.1) is 0 Å². The lowest BCUT2D eigenvalue weighted by molar-refractivity contribution is 0.285. The van der Waals surface area contributed by atoms with E-state index >= 15 is 0 Å². The van der Waals surface area contributed by atoms with Gasteiger partial charge in [0.15, 0.2) is 0 Å². The summed E-state index contributed by atoms with van der Waals surface area (Å²) in [5, 5.41) is 8.01. The number of azo groups is 1. The van der Waals surface area contributed by atoms with Crippen molar-refractivity contribution in [2.75, 3.05) is 26.2 Å². The lowest BCUT2D eigenvalue weighted by Gasteiger charge is -2.27. The SMILES string of the molecule is CCC(CC)(CN)CN.CCC1(CC)CN=NC1. The fraction of sp³-hybridized carbons (Fsp3) is 1.00. The highest BCUT2D eigenvalue weighted by atomic mass is 15.1. The predicted molar refractivity (Wildman–Crippen MR) is 78.7 cm³/mol. The van der Waals surface area contributed by atoms with Crippen molar-refractivity contribution < 1.29 is 0 Å². The molecule has 0 radical (unpaired) electrons. The van der Waals surface area contributed by atoms with Crippen LogP contribution in [0.5, 0.6) is 0 Å². The first kappa shape index (κ1) is 17.5. The van der Waals surface area contributed by atoms with Crippen LogP contribution in [0.1, 0.15) is 53.4 Å². The molecule has 4 nitrogen and oxygen atoms in total. The summed E-state index contributed by atoms with van der Waals surface area (Å²) >= 11 is 0. The number of nitrogens with zero attached hydrogens (tertiary/aromatic N) is 2. The molecule has 0 saturated heterocycles. The smallest absolute Gasteiger partial charge is 0.0673 e. The minimum absolute atomic E-state index is 0.222. The fourth-order valence-electron chi connectivity index (χ4n) is 2.06. The zero-order valence-electron chi connectivity index (χ0n) is 12.7. The van der Waals surface area contributed by atoms with Crippen molar-refractivity contribution in [3.8, 4) is 0 Å². The molecule has 108 valence electrons. The Bertz CT molecular complexity index is 193. The van der Waals surface area contributed by atoms with Crippen LogP contribution in [0.2, 0.25) is 0 Å². The topological polar surface area (TPSA) is 76.8 Å². The van der Waals surface area contributed by atoms with Crippen LogP contribution in [-0.2, 0) is 0 Å². The second-order valence-electron chi connectivity index (χ2n) is 5.42. The van der Waals surface area contributed by atoms with E-state index in [4.69, 9.17) is 11.5 Å². The van der Waals surface area contributed by atoms with Gasteiger partial charge in [0.1, 0.15) is 0 Å². The Hall–Kier alpha value is -0.480. The quantitative estimate of drug-likeness (QED) is 0.766. The lowest BCUT2D eigenvalue weighted by atomic mass is 9.83. The van der Waals surface area contributed by atoms with Crippen LogP contribution in [0.3, 0.4) is 0 Å². The highest BCUT2D eigenvalue weighted by Crippen LogP contribution is 2.30. The standard InChI is InChI=1S/C7H14N2.C7H18N2/c1-3-7(4-2)5-8-9-6-7;1-3-7(4-2,5-8)6-9/h3-6H2,1-2H3;3-6,8-9H2,1-2H3. The minimum Gasteiger partial charge on any atom is -0.330 e. The van der Waals surface area contributed by atoms with Gasteiger partial charge in [-0.25, -0.2) is 0 Å². The molecule has 0 aliphatic carbocycles. The highest BCUT2D eigenvalue weighted by Gasteiger charge is 2.28. The molecule has 0 atom stereocenters. The third-order valence-electron chi connectivity index (χ3n) is 4.78. The summed E-state index contributed by atoms with van der Waals surface area (Å²) in [7, 11) is 0. The van der Waals surface area contributed by atoms with Crippen molar-refractivity contribution in [1.29, 1.82) is 0 Å². The maximum absolute atomic E-state index is 5.56. The summed E-state index contributed by atoms with van der Waals surface area (Å²) < 4.78 is 0. The van der Waals surface area contributed by atoms with E-state index in [0.717, 1.165) is 39.0 Å². The normalized spacial score (nSPS) is 17.4. The molecule has 0 saturated carbocycles. The van der Waals surface area contributed by atoms with Crippen molar-refractivity contribution in [2.24, 2.45) is 32.5 Å². The van der Waals surface area contributed by atoms with Gasteiger partial charge in [0.05, 0.1) is 13.1 Å². The van der Waals surface area contributed by atoms with Gasteiger partial charge in [0, 0.05) is 5.41 Å². The number of hydrogen-bond acceptors (Lipinski definition) is 4. The van der Waals surface area contributed by atoms with Crippen LogP contribution >= 0.6 is 0 Å². The van der Waals surface area contributed by atoms with E-state index in [1.165, 1.54) is 12.8 Å².